The van der Waals surface area contributed by atoms with Crippen molar-refractivity contribution in [3.05, 3.63) is 47.6 Å². The van der Waals surface area contributed by atoms with Crippen LogP contribution in [0.25, 0.3) is 0 Å². The van der Waals surface area contributed by atoms with E-state index in [1.807, 2.05) is 0 Å². The van der Waals surface area contributed by atoms with E-state index < -0.39 is 0 Å². The van der Waals surface area contributed by atoms with Crippen LogP contribution >= 0.6 is 0 Å². The van der Waals surface area contributed by atoms with Gasteiger partial charge in [0, 0.05) is 5.57 Å². The number of aromatic hydroxyl groups is 2. The van der Waals surface area contributed by atoms with Gasteiger partial charge in [-0.25, -0.2) is 0 Å². The fraction of sp³-hybridized carbons (Fsp3) is 0.143. The van der Waals surface area contributed by atoms with E-state index in [2.05, 4.69) is 0 Å². The molecule has 0 aromatic heterocycles. The third-order valence-corrected chi connectivity index (χ3v) is 2.33. The van der Waals surface area contributed by atoms with Crippen LogP contribution < -0.4 is 0 Å². The van der Waals surface area contributed by atoms with E-state index in [0.717, 1.165) is 0 Å². The Kier molecular flexibility index (Phi) is 4.43. The Morgan fingerprint density at radius 2 is 1.67 bits per heavy atom. The highest BCUT2D eigenvalue weighted by Gasteiger charge is 2.06. The molecular weight excluding hydrogens is 232 g/mol. The van der Waals surface area contributed by atoms with Gasteiger partial charge in [-0.15, -0.1) is 0 Å². The lowest BCUT2D eigenvalue weighted by Gasteiger charge is -1.96. The van der Waals surface area contributed by atoms with E-state index in [1.165, 1.54) is 36.4 Å². The number of hydrogen-bond acceptors (Lipinski definition) is 4. The van der Waals surface area contributed by atoms with Crippen LogP contribution in [0.15, 0.2) is 42.0 Å². The minimum absolute atomic E-state index is 0.0744. The Morgan fingerprint density at radius 3 is 2.11 bits per heavy atom. The maximum Gasteiger partial charge on any atom is 0.181 e. The topological polar surface area (TPSA) is 74.6 Å². The third-order valence-electron chi connectivity index (χ3n) is 2.33. The number of aryl methyl sites for hydroxylation is 1. The number of carbonyl (C=O) groups is 2. The van der Waals surface area contributed by atoms with E-state index in [-0.39, 0.29) is 23.1 Å². The Hall–Kier alpha value is -2.36. The highest BCUT2D eigenvalue weighted by Crippen LogP contribution is 2.19. The van der Waals surface area contributed by atoms with Gasteiger partial charge in [-0.1, -0.05) is 0 Å². The first-order chi connectivity index (χ1) is 8.40. The molecule has 1 aliphatic rings. The summed E-state index contributed by atoms with van der Waals surface area (Å²) in [7, 11) is 0. The number of ketones is 2. The van der Waals surface area contributed by atoms with Crippen molar-refractivity contribution in [1.29, 1.82) is 0 Å². The number of allylic oxidation sites excluding steroid dienone is 4. The maximum absolute atomic E-state index is 10.6. The second-order valence-corrected chi connectivity index (χ2v) is 3.90. The Morgan fingerprint density at radius 1 is 1.00 bits per heavy atom. The van der Waals surface area contributed by atoms with E-state index in [4.69, 9.17) is 10.2 Å². The zero-order chi connectivity index (χ0) is 13.7. The molecule has 1 aromatic rings. The van der Waals surface area contributed by atoms with Crippen LogP contribution in [0.4, 0.5) is 0 Å². The number of phenols is 2. The molecule has 0 spiro atoms. The summed E-state index contributed by atoms with van der Waals surface area (Å²) in [6, 6.07) is 4.42. The van der Waals surface area contributed by atoms with Gasteiger partial charge in [0.15, 0.2) is 11.6 Å². The van der Waals surface area contributed by atoms with Gasteiger partial charge in [0.25, 0.3) is 0 Å². The molecular formula is C14H14O4. The minimum atomic E-state index is -0.105. The largest absolute Gasteiger partial charge is 0.508 e. The van der Waals surface area contributed by atoms with Gasteiger partial charge in [0.05, 0.1) is 0 Å². The van der Waals surface area contributed by atoms with Gasteiger partial charge in [0.2, 0.25) is 0 Å². The van der Waals surface area contributed by atoms with Gasteiger partial charge in [-0.3, -0.25) is 9.59 Å². The van der Waals surface area contributed by atoms with E-state index in [1.54, 1.807) is 13.8 Å². The molecule has 4 heteroatoms. The summed E-state index contributed by atoms with van der Waals surface area (Å²) in [5, 5.41) is 17.8. The fourth-order valence-corrected chi connectivity index (χ4v) is 1.26. The molecule has 18 heavy (non-hydrogen) atoms. The van der Waals surface area contributed by atoms with E-state index >= 15 is 0 Å². The summed E-state index contributed by atoms with van der Waals surface area (Å²) in [6.07, 6.45) is 3.90. The summed E-state index contributed by atoms with van der Waals surface area (Å²) in [5.74, 6) is 0.222. The first-order valence-corrected chi connectivity index (χ1v) is 5.33. The van der Waals surface area contributed by atoms with Gasteiger partial charge in [-0.2, -0.15) is 0 Å². The van der Waals surface area contributed by atoms with Crippen LogP contribution in [0.3, 0.4) is 0 Å². The van der Waals surface area contributed by atoms with Crippen LogP contribution in [0, 0.1) is 6.92 Å². The summed E-state index contributed by atoms with van der Waals surface area (Å²) in [5.41, 5.74) is 1.21. The molecule has 4 nitrogen and oxygen atoms in total. The average Bonchev–Trinajstić information content (AvgIpc) is 2.30. The molecule has 2 N–H and O–H groups in total. The molecule has 2 rings (SSSR count). The Bertz CT molecular complexity index is 539. The first-order valence-electron chi connectivity index (χ1n) is 5.33. The molecule has 0 saturated carbocycles. The number of rotatable bonds is 0. The fourth-order valence-electron chi connectivity index (χ4n) is 1.26. The number of benzene rings is 1. The van der Waals surface area contributed by atoms with Gasteiger partial charge < -0.3 is 10.2 Å². The van der Waals surface area contributed by atoms with Crippen LogP contribution in [0.2, 0.25) is 0 Å². The lowest BCUT2D eigenvalue weighted by molar-refractivity contribution is -0.114. The summed E-state index contributed by atoms with van der Waals surface area (Å²) in [4.78, 5) is 21.1. The molecule has 0 unspecified atom stereocenters. The lowest BCUT2D eigenvalue weighted by Crippen LogP contribution is -2.03. The lowest BCUT2D eigenvalue weighted by atomic mass is 10.1. The minimum Gasteiger partial charge on any atom is -0.508 e. The van der Waals surface area contributed by atoms with Gasteiger partial charge >= 0.3 is 0 Å². The highest BCUT2D eigenvalue weighted by molar-refractivity contribution is 6.16. The van der Waals surface area contributed by atoms with Crippen LogP contribution in [0.5, 0.6) is 11.5 Å². The molecule has 1 aromatic carbocycles. The third kappa shape index (κ3) is 3.90. The van der Waals surface area contributed by atoms with Crippen molar-refractivity contribution in [1.82, 2.24) is 0 Å². The molecule has 0 bridgehead atoms. The number of hydrogen-bond donors (Lipinski definition) is 2. The van der Waals surface area contributed by atoms with Crippen molar-refractivity contribution in [2.45, 2.75) is 13.8 Å². The van der Waals surface area contributed by atoms with E-state index in [0.29, 0.717) is 11.1 Å². The molecule has 0 radical (unpaired) electrons. The summed E-state index contributed by atoms with van der Waals surface area (Å²) >= 11 is 0. The second kappa shape index (κ2) is 5.82. The van der Waals surface area contributed by atoms with Crippen molar-refractivity contribution >= 4 is 11.6 Å². The van der Waals surface area contributed by atoms with Crippen LogP contribution in [0.1, 0.15) is 12.5 Å². The standard InChI is InChI=1S/C7H8O2.C7H6O2/c2*1-5-4-6(8)2-3-7(5)9/h2-4,8-9H,1H3;2-4H,1H3. The zero-order valence-electron chi connectivity index (χ0n) is 10.2. The zero-order valence-corrected chi connectivity index (χ0v) is 10.2. The Labute approximate surface area is 105 Å². The maximum atomic E-state index is 10.6. The van der Waals surface area contributed by atoms with Crippen molar-refractivity contribution in [3.63, 3.8) is 0 Å². The molecule has 0 aliphatic heterocycles. The van der Waals surface area contributed by atoms with Crippen molar-refractivity contribution < 1.29 is 19.8 Å². The first kappa shape index (κ1) is 13.7. The number of carbonyl (C=O) groups excluding carboxylic acids is 2. The average molecular weight is 246 g/mol. The molecule has 0 heterocycles. The normalized spacial score (nSPS) is 13.8. The summed E-state index contributed by atoms with van der Waals surface area (Å²) < 4.78 is 0. The van der Waals surface area contributed by atoms with E-state index in [9.17, 15) is 9.59 Å². The molecule has 0 saturated heterocycles. The molecule has 0 atom stereocenters. The van der Waals surface area contributed by atoms with Crippen LogP contribution in [-0.2, 0) is 9.59 Å². The highest BCUT2D eigenvalue weighted by atomic mass is 16.3. The predicted octanol–water partition coefficient (Wildman–Crippen LogP) is 2.05. The molecule has 0 fully saturated rings. The molecule has 94 valence electrons. The van der Waals surface area contributed by atoms with Crippen molar-refractivity contribution in [2.75, 3.05) is 0 Å². The quantitative estimate of drug-likeness (QED) is 0.542. The summed E-state index contributed by atoms with van der Waals surface area (Å²) in [6.45, 7) is 3.36. The Balaban J connectivity index is 0.000000180. The SMILES string of the molecule is CC1=CC(=O)C=CC1=O.Cc1cc(O)ccc1O. The van der Waals surface area contributed by atoms with Crippen LogP contribution in [-0.4, -0.2) is 21.8 Å². The van der Waals surface area contributed by atoms with Gasteiger partial charge in [-0.05, 0) is 55.8 Å². The molecule has 1 aliphatic carbocycles. The molecule has 0 amide bonds. The smallest absolute Gasteiger partial charge is 0.181 e. The van der Waals surface area contributed by atoms with Crippen molar-refractivity contribution in [2.24, 2.45) is 0 Å². The second-order valence-electron chi connectivity index (χ2n) is 3.90. The monoisotopic (exact) mass is 246 g/mol. The predicted molar refractivity (Wildman–Crippen MR) is 67.4 cm³/mol. The number of phenolic OH excluding ortho intramolecular Hbond substituents is 2. The van der Waals surface area contributed by atoms with Crippen molar-refractivity contribution in [3.8, 4) is 11.5 Å². The van der Waals surface area contributed by atoms with Gasteiger partial charge in [0.1, 0.15) is 11.5 Å².